The molecule has 1 aromatic carbocycles. The van der Waals surface area contributed by atoms with Crippen molar-refractivity contribution in [2.75, 3.05) is 0 Å². The van der Waals surface area contributed by atoms with Crippen LogP contribution in [0.15, 0.2) is 17.1 Å². The first-order chi connectivity index (χ1) is 11.6. The molecule has 3 atom stereocenters. The fraction of sp³-hybridized carbons (Fsp3) is 0.682. The van der Waals surface area contributed by atoms with Crippen LogP contribution in [0.4, 0.5) is 0 Å². The first-order valence-corrected chi connectivity index (χ1v) is 9.93. The van der Waals surface area contributed by atoms with Crippen LogP contribution >= 0.6 is 0 Å². The van der Waals surface area contributed by atoms with Gasteiger partial charge in [0.05, 0.1) is 6.04 Å². The Kier molecular flexibility index (Phi) is 5.63. The highest BCUT2D eigenvalue weighted by atomic mass is 16.3. The van der Waals surface area contributed by atoms with Crippen LogP contribution in [0.3, 0.4) is 0 Å². The summed E-state index contributed by atoms with van der Waals surface area (Å²) in [6.45, 7) is 6.76. The minimum absolute atomic E-state index is 0.408. The largest absolute Gasteiger partial charge is 0.507 e. The van der Waals surface area contributed by atoms with Crippen molar-refractivity contribution >= 4 is 6.21 Å². The first-order valence-electron chi connectivity index (χ1n) is 9.93. The molecule has 24 heavy (non-hydrogen) atoms. The summed E-state index contributed by atoms with van der Waals surface area (Å²) in [4.78, 5) is 4.91. The van der Waals surface area contributed by atoms with E-state index in [-0.39, 0.29) is 0 Å². The van der Waals surface area contributed by atoms with E-state index in [1.54, 1.807) is 0 Å². The summed E-state index contributed by atoms with van der Waals surface area (Å²) in [5.41, 5.74) is 3.22. The van der Waals surface area contributed by atoms with Crippen LogP contribution in [0.1, 0.15) is 87.8 Å². The van der Waals surface area contributed by atoms with Gasteiger partial charge in [0.25, 0.3) is 0 Å². The Bertz CT molecular complexity index is 586. The van der Waals surface area contributed by atoms with Gasteiger partial charge in [-0.05, 0) is 55.1 Å². The summed E-state index contributed by atoms with van der Waals surface area (Å²) in [7, 11) is 0. The lowest BCUT2D eigenvalue weighted by Crippen LogP contribution is -2.27. The van der Waals surface area contributed by atoms with Crippen molar-refractivity contribution in [1.29, 1.82) is 0 Å². The number of benzene rings is 1. The monoisotopic (exact) mass is 327 g/mol. The summed E-state index contributed by atoms with van der Waals surface area (Å²) in [5.74, 6) is 2.41. The van der Waals surface area contributed by atoms with Crippen molar-refractivity contribution in [2.45, 2.75) is 84.1 Å². The Morgan fingerprint density at radius 3 is 2.50 bits per heavy atom. The Hall–Kier alpha value is -1.31. The first kappa shape index (κ1) is 17.5. The molecule has 132 valence electrons. The van der Waals surface area contributed by atoms with Gasteiger partial charge in [-0.25, -0.2) is 0 Å². The lowest BCUT2D eigenvalue weighted by atomic mass is 9.78. The number of phenols is 1. The number of hydrogen-bond donors (Lipinski definition) is 1. The number of aliphatic imine (C=N–C) groups is 1. The molecular formula is C22H33NO. The molecular weight excluding hydrogens is 294 g/mol. The van der Waals surface area contributed by atoms with Crippen molar-refractivity contribution < 1.29 is 5.11 Å². The molecule has 3 rings (SSSR count). The Balaban J connectivity index is 1.83. The molecule has 0 bridgehead atoms. The van der Waals surface area contributed by atoms with Crippen LogP contribution < -0.4 is 0 Å². The average molecular weight is 328 g/mol. The number of hydrogen-bond acceptors (Lipinski definition) is 2. The highest BCUT2D eigenvalue weighted by Gasteiger charge is 2.26. The number of phenolic OH excluding ortho intramolecular Hbond substituents is 1. The van der Waals surface area contributed by atoms with Gasteiger partial charge in [0.2, 0.25) is 0 Å². The van der Waals surface area contributed by atoms with Crippen LogP contribution in [0, 0.1) is 18.8 Å². The lowest BCUT2D eigenvalue weighted by Gasteiger charge is -2.31. The second-order valence-electron chi connectivity index (χ2n) is 8.18. The second-order valence-corrected chi connectivity index (χ2v) is 8.18. The van der Waals surface area contributed by atoms with Crippen LogP contribution in [0.2, 0.25) is 0 Å². The van der Waals surface area contributed by atoms with E-state index in [2.05, 4.69) is 32.9 Å². The quantitative estimate of drug-likeness (QED) is 0.679. The van der Waals surface area contributed by atoms with Crippen molar-refractivity contribution in [3.05, 3.63) is 28.8 Å². The molecule has 3 unspecified atom stereocenters. The molecule has 2 fully saturated rings. The van der Waals surface area contributed by atoms with Gasteiger partial charge in [0.1, 0.15) is 5.75 Å². The molecule has 0 heterocycles. The molecule has 0 amide bonds. The maximum absolute atomic E-state index is 10.9. The number of nitrogens with zero attached hydrogens (tertiary/aromatic N) is 1. The third kappa shape index (κ3) is 3.68. The summed E-state index contributed by atoms with van der Waals surface area (Å²) in [6.07, 6.45) is 12.1. The van der Waals surface area contributed by atoms with E-state index >= 15 is 0 Å². The highest BCUT2D eigenvalue weighted by molar-refractivity contribution is 5.86. The molecule has 0 spiro atoms. The zero-order chi connectivity index (χ0) is 17.1. The molecule has 0 aliphatic heterocycles. The van der Waals surface area contributed by atoms with Gasteiger partial charge in [-0.15, -0.1) is 0 Å². The van der Waals surface area contributed by atoms with E-state index in [1.165, 1.54) is 51.4 Å². The van der Waals surface area contributed by atoms with Gasteiger partial charge in [0, 0.05) is 11.8 Å². The smallest absolute Gasteiger partial charge is 0.128 e. The molecule has 2 aliphatic rings. The topological polar surface area (TPSA) is 32.6 Å². The summed E-state index contributed by atoms with van der Waals surface area (Å²) < 4.78 is 0. The molecule has 0 saturated heterocycles. The molecule has 2 aliphatic carbocycles. The normalized spacial score (nSPS) is 29.2. The molecule has 0 radical (unpaired) electrons. The third-order valence-electron chi connectivity index (χ3n) is 6.57. The SMILES string of the molecule is Cc1ccc(C2CCCCC2)c(O)c1C=NC1CCCC(C)C1C. The maximum Gasteiger partial charge on any atom is 0.128 e. The van der Waals surface area contributed by atoms with Gasteiger partial charge in [-0.3, -0.25) is 4.99 Å². The number of aromatic hydroxyl groups is 1. The van der Waals surface area contributed by atoms with Crippen molar-refractivity contribution in [3.8, 4) is 5.75 Å². The van der Waals surface area contributed by atoms with E-state index in [4.69, 9.17) is 4.99 Å². The third-order valence-corrected chi connectivity index (χ3v) is 6.57. The fourth-order valence-electron chi connectivity index (χ4n) is 4.57. The molecule has 0 aromatic heterocycles. The van der Waals surface area contributed by atoms with Gasteiger partial charge in [-0.1, -0.05) is 58.1 Å². The molecule has 2 heteroatoms. The van der Waals surface area contributed by atoms with Crippen molar-refractivity contribution in [3.63, 3.8) is 0 Å². The van der Waals surface area contributed by atoms with Crippen LogP contribution in [-0.4, -0.2) is 17.4 Å². The molecule has 1 N–H and O–H groups in total. The molecule has 1 aromatic rings. The number of rotatable bonds is 3. The minimum Gasteiger partial charge on any atom is -0.507 e. The van der Waals surface area contributed by atoms with Crippen molar-refractivity contribution in [2.24, 2.45) is 16.8 Å². The Morgan fingerprint density at radius 2 is 1.75 bits per heavy atom. The van der Waals surface area contributed by atoms with E-state index in [1.807, 2.05) is 6.21 Å². The van der Waals surface area contributed by atoms with Gasteiger partial charge >= 0.3 is 0 Å². The number of aryl methyl sites for hydroxylation is 1. The van der Waals surface area contributed by atoms with E-state index in [0.29, 0.717) is 23.6 Å². The van der Waals surface area contributed by atoms with Crippen LogP contribution in [0.5, 0.6) is 5.75 Å². The standard InChI is InChI=1S/C22H33NO/c1-15-8-7-11-21(17(15)3)23-14-20-16(2)12-13-19(22(20)24)18-9-5-4-6-10-18/h12-15,17-18,21,24H,4-11H2,1-3H3. The molecule has 2 saturated carbocycles. The molecule has 2 nitrogen and oxygen atoms in total. The Labute approximate surface area is 147 Å². The summed E-state index contributed by atoms with van der Waals surface area (Å²) in [5, 5.41) is 10.9. The summed E-state index contributed by atoms with van der Waals surface area (Å²) in [6, 6.07) is 4.72. The predicted molar refractivity (Wildman–Crippen MR) is 102 cm³/mol. The van der Waals surface area contributed by atoms with E-state index in [0.717, 1.165) is 22.6 Å². The highest BCUT2D eigenvalue weighted by Crippen LogP contribution is 2.39. The fourth-order valence-corrected chi connectivity index (χ4v) is 4.57. The zero-order valence-corrected chi connectivity index (χ0v) is 15.6. The Morgan fingerprint density at radius 1 is 1.00 bits per heavy atom. The van der Waals surface area contributed by atoms with E-state index < -0.39 is 0 Å². The van der Waals surface area contributed by atoms with Gasteiger partial charge in [-0.2, -0.15) is 0 Å². The van der Waals surface area contributed by atoms with Crippen LogP contribution in [0.25, 0.3) is 0 Å². The minimum atomic E-state index is 0.408. The zero-order valence-electron chi connectivity index (χ0n) is 15.6. The van der Waals surface area contributed by atoms with Gasteiger partial charge < -0.3 is 5.11 Å². The second kappa shape index (κ2) is 7.72. The predicted octanol–water partition coefficient (Wildman–Crippen LogP) is 5.99. The average Bonchev–Trinajstić information content (AvgIpc) is 2.59. The lowest BCUT2D eigenvalue weighted by molar-refractivity contribution is 0.242. The van der Waals surface area contributed by atoms with Crippen molar-refractivity contribution in [1.82, 2.24) is 0 Å². The van der Waals surface area contributed by atoms with E-state index in [9.17, 15) is 5.11 Å². The van der Waals surface area contributed by atoms with Crippen LogP contribution in [-0.2, 0) is 0 Å². The summed E-state index contributed by atoms with van der Waals surface area (Å²) >= 11 is 0. The maximum atomic E-state index is 10.9. The van der Waals surface area contributed by atoms with Gasteiger partial charge in [0.15, 0.2) is 0 Å².